The highest BCUT2D eigenvalue weighted by atomic mass is 35.5. The van der Waals surface area contributed by atoms with Crippen LogP contribution in [0, 0.1) is 0 Å². The number of hydrogen-bond acceptors (Lipinski definition) is 4. The Balaban J connectivity index is 1.99. The predicted molar refractivity (Wildman–Crippen MR) is 78.7 cm³/mol. The third kappa shape index (κ3) is 4.10. The lowest BCUT2D eigenvalue weighted by Gasteiger charge is -2.05. The van der Waals surface area contributed by atoms with Crippen molar-refractivity contribution in [1.82, 2.24) is 0 Å². The molecule has 0 saturated heterocycles. The first-order valence-corrected chi connectivity index (χ1v) is 6.82. The molecule has 6 heteroatoms. The zero-order valence-electron chi connectivity index (χ0n) is 11.4. The van der Waals surface area contributed by atoms with Gasteiger partial charge in [0.1, 0.15) is 0 Å². The van der Waals surface area contributed by atoms with E-state index in [9.17, 15) is 9.59 Å². The topological polar surface area (TPSA) is 68.5 Å². The summed E-state index contributed by atoms with van der Waals surface area (Å²) in [6.45, 7) is 2.31. The number of anilines is 1. The number of furan rings is 1. The average Bonchev–Trinajstić information content (AvgIpc) is 2.92. The quantitative estimate of drug-likeness (QED) is 0.854. The summed E-state index contributed by atoms with van der Waals surface area (Å²) in [5, 5.41) is 2.78. The Hall–Kier alpha value is -2.27. The van der Waals surface area contributed by atoms with Crippen molar-refractivity contribution in [3.63, 3.8) is 0 Å². The van der Waals surface area contributed by atoms with Gasteiger partial charge >= 0.3 is 5.97 Å². The van der Waals surface area contributed by atoms with Crippen LogP contribution < -0.4 is 5.32 Å². The second kappa shape index (κ2) is 6.95. The standard InChI is InChI=1S/C15H14ClNO4/c1-2-9-20-15(19)10-3-5-11(6-4-10)17-14(18)12-7-8-13(16)21-12/h3-8H,2,9H2,1H3,(H,17,18). The summed E-state index contributed by atoms with van der Waals surface area (Å²) in [4.78, 5) is 23.5. The summed E-state index contributed by atoms with van der Waals surface area (Å²) in [6.07, 6.45) is 0.769. The smallest absolute Gasteiger partial charge is 0.338 e. The number of esters is 1. The van der Waals surface area contributed by atoms with E-state index in [1.54, 1.807) is 24.3 Å². The van der Waals surface area contributed by atoms with Gasteiger partial charge in [0.2, 0.25) is 0 Å². The van der Waals surface area contributed by atoms with Crippen molar-refractivity contribution in [2.45, 2.75) is 13.3 Å². The highest BCUT2D eigenvalue weighted by molar-refractivity contribution is 6.29. The summed E-state index contributed by atoms with van der Waals surface area (Å²) in [7, 11) is 0. The molecule has 2 aromatic rings. The molecule has 0 bridgehead atoms. The van der Waals surface area contributed by atoms with Crippen molar-refractivity contribution in [2.24, 2.45) is 0 Å². The van der Waals surface area contributed by atoms with Gasteiger partial charge < -0.3 is 14.5 Å². The molecule has 5 nitrogen and oxygen atoms in total. The molecule has 1 aromatic heterocycles. The van der Waals surface area contributed by atoms with E-state index in [-0.39, 0.29) is 16.9 Å². The molecule has 1 heterocycles. The Morgan fingerprint density at radius 3 is 2.48 bits per heavy atom. The van der Waals surface area contributed by atoms with Crippen LogP contribution in [0.2, 0.25) is 5.22 Å². The minimum atomic E-state index is -0.414. The molecular formula is C15H14ClNO4. The number of ether oxygens (including phenoxy) is 1. The van der Waals surface area contributed by atoms with Gasteiger partial charge in [0.05, 0.1) is 12.2 Å². The largest absolute Gasteiger partial charge is 0.462 e. The molecule has 21 heavy (non-hydrogen) atoms. The van der Waals surface area contributed by atoms with Crippen LogP contribution in [0.5, 0.6) is 0 Å². The SMILES string of the molecule is CCCOC(=O)c1ccc(NC(=O)c2ccc(Cl)o2)cc1. The molecule has 2 rings (SSSR count). The number of amides is 1. The molecule has 1 amide bonds. The van der Waals surface area contributed by atoms with E-state index in [1.807, 2.05) is 6.92 Å². The summed E-state index contributed by atoms with van der Waals surface area (Å²) in [5.41, 5.74) is 0.974. The fraction of sp³-hybridized carbons (Fsp3) is 0.200. The molecule has 0 saturated carbocycles. The second-order valence-electron chi connectivity index (χ2n) is 4.27. The van der Waals surface area contributed by atoms with Crippen LogP contribution in [0.1, 0.15) is 34.3 Å². The molecule has 0 aliphatic rings. The number of benzene rings is 1. The van der Waals surface area contributed by atoms with E-state index < -0.39 is 5.91 Å². The lowest BCUT2D eigenvalue weighted by molar-refractivity contribution is 0.0505. The number of halogens is 1. The summed E-state index contributed by atoms with van der Waals surface area (Å²) in [6, 6.07) is 9.37. The van der Waals surface area contributed by atoms with Crippen molar-refractivity contribution in [2.75, 3.05) is 11.9 Å². The lowest BCUT2D eigenvalue weighted by Crippen LogP contribution is -2.11. The first-order chi connectivity index (χ1) is 10.1. The number of hydrogen-bond donors (Lipinski definition) is 1. The molecule has 0 fully saturated rings. The van der Waals surface area contributed by atoms with Gasteiger partial charge in [-0.25, -0.2) is 4.79 Å². The molecule has 1 aromatic carbocycles. The van der Waals surface area contributed by atoms with Crippen LogP contribution in [0.25, 0.3) is 0 Å². The Kier molecular flexibility index (Phi) is 5.00. The van der Waals surface area contributed by atoms with E-state index in [1.165, 1.54) is 12.1 Å². The van der Waals surface area contributed by atoms with Crippen molar-refractivity contribution < 1.29 is 18.7 Å². The first-order valence-electron chi connectivity index (χ1n) is 6.44. The minimum Gasteiger partial charge on any atom is -0.462 e. The molecule has 0 spiro atoms. The van der Waals surface area contributed by atoms with Crippen molar-refractivity contribution in [1.29, 1.82) is 0 Å². The van der Waals surface area contributed by atoms with E-state index in [2.05, 4.69) is 5.32 Å². The molecule has 110 valence electrons. The van der Waals surface area contributed by atoms with Crippen LogP contribution in [-0.2, 0) is 4.74 Å². The van der Waals surface area contributed by atoms with Crippen LogP contribution in [0.4, 0.5) is 5.69 Å². The normalized spacial score (nSPS) is 10.2. The lowest BCUT2D eigenvalue weighted by atomic mass is 10.2. The fourth-order valence-corrected chi connectivity index (χ4v) is 1.74. The summed E-state index contributed by atoms with van der Waals surface area (Å²) in [5.74, 6) is -0.679. The predicted octanol–water partition coefficient (Wildman–Crippen LogP) is 3.75. The molecule has 0 radical (unpaired) electrons. The third-order valence-electron chi connectivity index (χ3n) is 2.61. The maximum absolute atomic E-state index is 11.8. The zero-order chi connectivity index (χ0) is 15.2. The third-order valence-corrected chi connectivity index (χ3v) is 2.82. The molecule has 0 aliphatic carbocycles. The zero-order valence-corrected chi connectivity index (χ0v) is 12.1. The van der Waals surface area contributed by atoms with Crippen LogP contribution in [-0.4, -0.2) is 18.5 Å². The maximum atomic E-state index is 11.8. The van der Waals surface area contributed by atoms with E-state index >= 15 is 0 Å². The maximum Gasteiger partial charge on any atom is 0.338 e. The van der Waals surface area contributed by atoms with E-state index in [0.29, 0.717) is 17.9 Å². The van der Waals surface area contributed by atoms with E-state index in [0.717, 1.165) is 6.42 Å². The molecule has 1 N–H and O–H groups in total. The van der Waals surface area contributed by atoms with Gasteiger partial charge in [-0.2, -0.15) is 0 Å². The Labute approximate surface area is 126 Å². The Bertz CT molecular complexity index is 633. The van der Waals surface area contributed by atoms with Gasteiger partial charge in [0, 0.05) is 5.69 Å². The number of carbonyl (C=O) groups excluding carboxylic acids is 2. The highest BCUT2D eigenvalue weighted by Gasteiger charge is 2.11. The second-order valence-corrected chi connectivity index (χ2v) is 4.64. The van der Waals surface area contributed by atoms with Gasteiger partial charge in [0.15, 0.2) is 11.0 Å². The van der Waals surface area contributed by atoms with Gasteiger partial charge in [0.25, 0.3) is 5.91 Å². The van der Waals surface area contributed by atoms with Gasteiger partial charge in [-0.15, -0.1) is 0 Å². The van der Waals surface area contributed by atoms with Gasteiger partial charge in [-0.05, 0) is 54.4 Å². The summed E-state index contributed by atoms with van der Waals surface area (Å²) < 4.78 is 10.0. The molecule has 0 atom stereocenters. The Morgan fingerprint density at radius 2 is 1.90 bits per heavy atom. The Morgan fingerprint density at radius 1 is 1.19 bits per heavy atom. The van der Waals surface area contributed by atoms with E-state index in [4.69, 9.17) is 20.8 Å². The van der Waals surface area contributed by atoms with Crippen molar-refractivity contribution >= 4 is 29.2 Å². The average molecular weight is 308 g/mol. The van der Waals surface area contributed by atoms with Crippen molar-refractivity contribution in [3.05, 3.63) is 52.9 Å². The first kappa shape index (κ1) is 15.1. The molecular weight excluding hydrogens is 294 g/mol. The number of nitrogens with one attached hydrogen (secondary N) is 1. The van der Waals surface area contributed by atoms with Gasteiger partial charge in [-0.3, -0.25) is 4.79 Å². The van der Waals surface area contributed by atoms with Crippen LogP contribution >= 0.6 is 11.6 Å². The monoisotopic (exact) mass is 307 g/mol. The molecule has 0 aliphatic heterocycles. The fourth-order valence-electron chi connectivity index (χ4n) is 1.60. The van der Waals surface area contributed by atoms with Gasteiger partial charge in [-0.1, -0.05) is 6.92 Å². The summed E-state index contributed by atoms with van der Waals surface area (Å²) >= 11 is 5.61. The number of carbonyl (C=O) groups is 2. The minimum absolute atomic E-state index is 0.117. The highest BCUT2D eigenvalue weighted by Crippen LogP contribution is 2.16. The van der Waals surface area contributed by atoms with Crippen LogP contribution in [0.15, 0.2) is 40.8 Å². The number of rotatable bonds is 5. The van der Waals surface area contributed by atoms with Crippen molar-refractivity contribution in [3.8, 4) is 0 Å². The molecule has 0 unspecified atom stereocenters. The van der Waals surface area contributed by atoms with Crippen LogP contribution in [0.3, 0.4) is 0 Å².